The fraction of sp³-hybridized carbons (Fsp3) is 0.467. The maximum Gasteiger partial charge on any atom is 0.409 e. The summed E-state index contributed by atoms with van der Waals surface area (Å²) in [5, 5.41) is 13.8. The average molecular weight is 336 g/mol. The molecule has 1 saturated heterocycles. The van der Waals surface area contributed by atoms with Gasteiger partial charge >= 0.3 is 6.09 Å². The number of anilines is 1. The van der Waals surface area contributed by atoms with Gasteiger partial charge in [-0.3, -0.25) is 14.9 Å². The van der Waals surface area contributed by atoms with E-state index in [9.17, 15) is 19.7 Å². The van der Waals surface area contributed by atoms with E-state index in [4.69, 9.17) is 4.74 Å². The van der Waals surface area contributed by atoms with Gasteiger partial charge in [0.2, 0.25) is 0 Å². The van der Waals surface area contributed by atoms with E-state index in [1.807, 2.05) is 0 Å². The molecule has 0 spiro atoms. The number of benzene rings is 1. The van der Waals surface area contributed by atoms with Crippen LogP contribution in [0.5, 0.6) is 0 Å². The SMILES string of the molecule is CCOC(=O)N1CCN(C(=O)c2cc([N+](=O)[O-])ccc2NC)CC1. The van der Waals surface area contributed by atoms with Gasteiger partial charge in [-0.25, -0.2) is 4.79 Å². The van der Waals surface area contributed by atoms with E-state index < -0.39 is 11.0 Å². The first-order chi connectivity index (χ1) is 11.5. The van der Waals surface area contributed by atoms with Crippen LogP contribution in [0, 0.1) is 10.1 Å². The van der Waals surface area contributed by atoms with Crippen LogP contribution in [0.25, 0.3) is 0 Å². The van der Waals surface area contributed by atoms with Crippen molar-refractivity contribution >= 4 is 23.4 Å². The molecule has 130 valence electrons. The van der Waals surface area contributed by atoms with Gasteiger partial charge in [0.1, 0.15) is 0 Å². The number of nitro groups is 1. The molecule has 0 atom stereocenters. The third-order valence-electron chi connectivity index (χ3n) is 3.81. The lowest BCUT2D eigenvalue weighted by Gasteiger charge is -2.34. The average Bonchev–Trinajstić information content (AvgIpc) is 2.60. The second-order valence-corrected chi connectivity index (χ2v) is 5.22. The van der Waals surface area contributed by atoms with Gasteiger partial charge in [-0.1, -0.05) is 0 Å². The number of hydrogen-bond donors (Lipinski definition) is 1. The molecule has 0 aromatic heterocycles. The molecule has 1 aromatic carbocycles. The molecule has 24 heavy (non-hydrogen) atoms. The third kappa shape index (κ3) is 3.73. The lowest BCUT2D eigenvalue weighted by molar-refractivity contribution is -0.384. The van der Waals surface area contributed by atoms with Crippen molar-refractivity contribution in [2.24, 2.45) is 0 Å². The zero-order valence-electron chi connectivity index (χ0n) is 13.7. The number of rotatable bonds is 4. The van der Waals surface area contributed by atoms with E-state index in [1.165, 1.54) is 18.2 Å². The van der Waals surface area contributed by atoms with Crippen molar-refractivity contribution in [3.05, 3.63) is 33.9 Å². The first-order valence-electron chi connectivity index (χ1n) is 7.65. The van der Waals surface area contributed by atoms with Crippen LogP contribution in [-0.2, 0) is 4.74 Å². The number of non-ortho nitro benzene ring substituents is 1. The monoisotopic (exact) mass is 336 g/mol. The summed E-state index contributed by atoms with van der Waals surface area (Å²) in [6, 6.07) is 4.13. The summed E-state index contributed by atoms with van der Waals surface area (Å²) in [6.45, 7) is 3.48. The maximum atomic E-state index is 12.7. The molecular formula is C15H20N4O5. The summed E-state index contributed by atoms with van der Waals surface area (Å²) >= 11 is 0. The van der Waals surface area contributed by atoms with Gasteiger partial charge in [0.05, 0.1) is 17.1 Å². The predicted molar refractivity (Wildman–Crippen MR) is 87.1 cm³/mol. The Morgan fingerprint density at radius 1 is 1.25 bits per heavy atom. The highest BCUT2D eigenvalue weighted by molar-refractivity contribution is 6.00. The summed E-state index contributed by atoms with van der Waals surface area (Å²) in [6.07, 6.45) is -0.393. The lowest BCUT2D eigenvalue weighted by Crippen LogP contribution is -2.50. The number of nitro benzene ring substituents is 1. The fourth-order valence-corrected chi connectivity index (χ4v) is 2.52. The van der Waals surface area contributed by atoms with Gasteiger partial charge in [0.15, 0.2) is 0 Å². The zero-order valence-corrected chi connectivity index (χ0v) is 13.7. The molecule has 2 amide bonds. The van der Waals surface area contributed by atoms with Gasteiger partial charge in [-0.05, 0) is 13.0 Å². The van der Waals surface area contributed by atoms with E-state index >= 15 is 0 Å². The van der Waals surface area contributed by atoms with E-state index in [0.717, 1.165) is 0 Å². The standard InChI is InChI=1S/C15H20N4O5/c1-3-24-15(21)18-8-6-17(7-9-18)14(20)12-10-11(19(22)23)4-5-13(12)16-2/h4-5,10,16H,3,6-9H2,1-2H3. The Bertz CT molecular complexity index is 641. The Balaban J connectivity index is 2.11. The highest BCUT2D eigenvalue weighted by Gasteiger charge is 2.27. The molecule has 9 heteroatoms. The van der Waals surface area contributed by atoms with Gasteiger partial charge in [-0.15, -0.1) is 0 Å². The highest BCUT2D eigenvalue weighted by atomic mass is 16.6. The summed E-state index contributed by atoms with van der Waals surface area (Å²) in [5.41, 5.74) is 0.636. The number of nitrogens with one attached hydrogen (secondary N) is 1. The summed E-state index contributed by atoms with van der Waals surface area (Å²) in [7, 11) is 1.65. The molecule has 0 aliphatic carbocycles. The first-order valence-corrected chi connectivity index (χ1v) is 7.65. The second kappa shape index (κ2) is 7.62. The number of hydrogen-bond acceptors (Lipinski definition) is 6. The van der Waals surface area contributed by atoms with Crippen molar-refractivity contribution in [2.75, 3.05) is 45.2 Å². The van der Waals surface area contributed by atoms with Crippen molar-refractivity contribution in [1.29, 1.82) is 0 Å². The molecule has 0 saturated carbocycles. The quantitative estimate of drug-likeness (QED) is 0.661. The number of amides is 2. The molecule has 1 fully saturated rings. The molecule has 0 bridgehead atoms. The van der Waals surface area contributed by atoms with Crippen molar-refractivity contribution in [2.45, 2.75) is 6.92 Å². The van der Waals surface area contributed by atoms with Crippen molar-refractivity contribution in [3.8, 4) is 0 Å². The third-order valence-corrected chi connectivity index (χ3v) is 3.81. The highest BCUT2D eigenvalue weighted by Crippen LogP contribution is 2.23. The number of piperazine rings is 1. The molecule has 1 N–H and O–H groups in total. The Hall–Kier alpha value is -2.84. The molecule has 9 nitrogen and oxygen atoms in total. The number of nitrogens with zero attached hydrogens (tertiary/aromatic N) is 3. The van der Waals surface area contributed by atoms with Crippen LogP contribution in [0.15, 0.2) is 18.2 Å². The smallest absolute Gasteiger partial charge is 0.409 e. The maximum absolute atomic E-state index is 12.7. The largest absolute Gasteiger partial charge is 0.450 e. The molecule has 0 radical (unpaired) electrons. The predicted octanol–water partition coefficient (Wildman–Crippen LogP) is 1.55. The minimum Gasteiger partial charge on any atom is -0.450 e. The first kappa shape index (κ1) is 17.5. The number of ether oxygens (including phenoxy) is 1. The number of carbonyl (C=O) groups excluding carboxylic acids is 2. The van der Waals surface area contributed by atoms with Crippen molar-refractivity contribution < 1.29 is 19.2 Å². The van der Waals surface area contributed by atoms with Crippen LogP contribution >= 0.6 is 0 Å². The van der Waals surface area contributed by atoms with Crippen molar-refractivity contribution in [3.63, 3.8) is 0 Å². The zero-order chi connectivity index (χ0) is 17.7. The van der Waals surface area contributed by atoms with E-state index in [2.05, 4.69) is 5.32 Å². The minimum atomic E-state index is -0.533. The Morgan fingerprint density at radius 2 is 1.88 bits per heavy atom. The molecule has 0 unspecified atom stereocenters. The van der Waals surface area contributed by atoms with Crippen LogP contribution < -0.4 is 5.32 Å². The summed E-state index contributed by atoms with van der Waals surface area (Å²) < 4.78 is 4.94. The second-order valence-electron chi connectivity index (χ2n) is 5.22. The van der Waals surface area contributed by atoms with Gasteiger partial charge < -0.3 is 19.9 Å². The molecular weight excluding hydrogens is 316 g/mol. The molecule has 1 aliphatic rings. The summed E-state index contributed by atoms with van der Waals surface area (Å²) in [4.78, 5) is 37.9. The number of carbonyl (C=O) groups is 2. The normalized spacial score (nSPS) is 14.2. The Kier molecular flexibility index (Phi) is 5.56. The summed E-state index contributed by atoms with van der Waals surface area (Å²) in [5.74, 6) is -0.299. The minimum absolute atomic E-state index is 0.137. The van der Waals surface area contributed by atoms with Crippen molar-refractivity contribution in [1.82, 2.24) is 9.80 Å². The molecule has 1 aliphatic heterocycles. The lowest BCUT2D eigenvalue weighted by atomic mass is 10.1. The van der Waals surface area contributed by atoms with Crippen LogP contribution in [0.1, 0.15) is 17.3 Å². The van der Waals surface area contributed by atoms with Crippen LogP contribution in [0.2, 0.25) is 0 Å². The fourth-order valence-electron chi connectivity index (χ4n) is 2.52. The van der Waals surface area contributed by atoms with Gasteiger partial charge in [0, 0.05) is 51.0 Å². The van der Waals surface area contributed by atoms with Crippen LogP contribution in [0.3, 0.4) is 0 Å². The van der Waals surface area contributed by atoms with E-state index in [0.29, 0.717) is 38.5 Å². The Morgan fingerprint density at radius 3 is 2.42 bits per heavy atom. The van der Waals surface area contributed by atoms with Crippen LogP contribution in [0.4, 0.5) is 16.2 Å². The molecule has 2 rings (SSSR count). The molecule has 1 heterocycles. The van der Waals surface area contributed by atoms with E-state index in [-0.39, 0.29) is 17.2 Å². The molecule has 1 aromatic rings. The van der Waals surface area contributed by atoms with Crippen LogP contribution in [-0.4, -0.2) is 66.6 Å². The Labute approximate surface area is 139 Å². The van der Waals surface area contributed by atoms with Gasteiger partial charge in [-0.2, -0.15) is 0 Å². The van der Waals surface area contributed by atoms with E-state index in [1.54, 1.807) is 23.8 Å². The van der Waals surface area contributed by atoms with Gasteiger partial charge in [0.25, 0.3) is 11.6 Å². The topological polar surface area (TPSA) is 105 Å².